The highest BCUT2D eigenvalue weighted by molar-refractivity contribution is 7.87. The van der Waals surface area contributed by atoms with Crippen LogP contribution in [0.4, 0.5) is 0 Å². The lowest BCUT2D eigenvalue weighted by atomic mass is 10.1. The molecule has 1 atom stereocenters. The number of aliphatic hydroxyl groups is 1. The Bertz CT molecular complexity index is 443. The summed E-state index contributed by atoms with van der Waals surface area (Å²) in [5.74, 6) is 0. The molecule has 0 aromatic heterocycles. The number of aliphatic hydroxyl groups excluding tert-OH is 1. The van der Waals surface area contributed by atoms with Crippen molar-refractivity contribution in [2.75, 3.05) is 26.4 Å². The molecule has 5 nitrogen and oxygen atoms in total. The number of hydrogen-bond acceptors (Lipinski definition) is 5. The summed E-state index contributed by atoms with van der Waals surface area (Å²) >= 11 is 0. The lowest BCUT2D eigenvalue weighted by molar-refractivity contribution is 0.0715. The summed E-state index contributed by atoms with van der Waals surface area (Å²) < 4.78 is 34.0. The van der Waals surface area contributed by atoms with Crippen LogP contribution in [0.1, 0.15) is 24.2 Å². The summed E-state index contributed by atoms with van der Waals surface area (Å²) in [7, 11) is -3.66. The van der Waals surface area contributed by atoms with Gasteiger partial charge >= 0.3 is 0 Å². The molecular weight excluding hydrogens is 268 g/mol. The molecule has 0 spiro atoms. The Morgan fingerprint density at radius 1 is 1.16 bits per heavy atom. The molecule has 108 valence electrons. The van der Waals surface area contributed by atoms with Crippen molar-refractivity contribution in [3.8, 4) is 0 Å². The molecule has 0 radical (unpaired) electrons. The molecule has 0 saturated heterocycles. The molecule has 0 saturated carbocycles. The van der Waals surface area contributed by atoms with E-state index in [4.69, 9.17) is 14.0 Å². The molecule has 0 aliphatic rings. The highest BCUT2D eigenvalue weighted by Crippen LogP contribution is 2.26. The maximum absolute atomic E-state index is 12.1. The van der Waals surface area contributed by atoms with Gasteiger partial charge in [0.25, 0.3) is 10.1 Å². The van der Waals surface area contributed by atoms with Gasteiger partial charge in [-0.05, 0) is 12.0 Å². The lowest BCUT2D eigenvalue weighted by Crippen LogP contribution is -2.18. The van der Waals surface area contributed by atoms with E-state index in [1.54, 1.807) is 31.2 Å². The number of ether oxygens (including phenoxy) is 1. The Kier molecular flexibility index (Phi) is 7.01. The van der Waals surface area contributed by atoms with Crippen LogP contribution in [0, 0.1) is 0 Å². The van der Waals surface area contributed by atoms with Crippen LogP contribution in [0.25, 0.3) is 0 Å². The smallest absolute Gasteiger partial charge is 0.274 e. The molecule has 0 bridgehead atoms. The molecule has 1 aromatic rings. The Hall–Kier alpha value is -0.950. The second-order valence-corrected chi connectivity index (χ2v) is 5.75. The highest BCUT2D eigenvalue weighted by Gasteiger charge is 2.26. The molecule has 0 fully saturated rings. The first-order chi connectivity index (χ1) is 9.11. The van der Waals surface area contributed by atoms with Crippen LogP contribution in [-0.4, -0.2) is 40.0 Å². The van der Waals surface area contributed by atoms with Crippen LogP contribution in [0.2, 0.25) is 0 Å². The molecule has 6 heteroatoms. The zero-order chi connectivity index (χ0) is 14.1. The van der Waals surface area contributed by atoms with Gasteiger partial charge in [0.05, 0.1) is 26.4 Å². The van der Waals surface area contributed by atoms with Crippen LogP contribution in [0.3, 0.4) is 0 Å². The van der Waals surface area contributed by atoms with Gasteiger partial charge in [0.15, 0.2) is 0 Å². The van der Waals surface area contributed by atoms with Crippen molar-refractivity contribution in [1.29, 1.82) is 0 Å². The van der Waals surface area contributed by atoms with E-state index in [0.29, 0.717) is 6.42 Å². The van der Waals surface area contributed by atoms with Gasteiger partial charge < -0.3 is 9.84 Å². The molecular formula is C13H20O5S. The van der Waals surface area contributed by atoms with Crippen molar-refractivity contribution >= 4 is 10.1 Å². The van der Waals surface area contributed by atoms with Gasteiger partial charge in [0.2, 0.25) is 0 Å². The van der Waals surface area contributed by atoms with Crippen molar-refractivity contribution in [3.05, 3.63) is 35.9 Å². The minimum atomic E-state index is -3.66. The van der Waals surface area contributed by atoms with Crippen LogP contribution >= 0.6 is 0 Å². The monoisotopic (exact) mass is 288 g/mol. The molecule has 0 aliphatic heterocycles. The van der Waals surface area contributed by atoms with Crippen LogP contribution in [0.15, 0.2) is 30.3 Å². The van der Waals surface area contributed by atoms with Gasteiger partial charge in [-0.3, -0.25) is 4.18 Å². The summed E-state index contributed by atoms with van der Waals surface area (Å²) in [6, 6.07) is 9.00. The van der Waals surface area contributed by atoms with Crippen molar-refractivity contribution in [2.45, 2.75) is 18.6 Å². The molecule has 1 N–H and O–H groups in total. The normalized spacial score (nSPS) is 13.4. The van der Waals surface area contributed by atoms with E-state index in [2.05, 4.69) is 0 Å². The molecule has 19 heavy (non-hydrogen) atoms. The summed E-state index contributed by atoms with van der Waals surface area (Å²) in [6.07, 6.45) is 0.448. The van der Waals surface area contributed by atoms with Crippen molar-refractivity contribution in [3.63, 3.8) is 0 Å². The fourth-order valence-corrected chi connectivity index (χ4v) is 3.10. The first-order valence-electron chi connectivity index (χ1n) is 6.23. The van der Waals surface area contributed by atoms with Gasteiger partial charge in [-0.2, -0.15) is 8.42 Å². The van der Waals surface area contributed by atoms with E-state index in [1.807, 2.05) is 6.07 Å². The Morgan fingerprint density at radius 2 is 1.84 bits per heavy atom. The second kappa shape index (κ2) is 8.27. The third-order valence-electron chi connectivity index (χ3n) is 2.60. The van der Waals surface area contributed by atoms with E-state index >= 15 is 0 Å². The number of rotatable bonds is 9. The number of hydrogen-bond donors (Lipinski definition) is 1. The summed E-state index contributed by atoms with van der Waals surface area (Å²) in [5.41, 5.74) is 0.723. The fourth-order valence-electron chi connectivity index (χ4n) is 1.73. The predicted molar refractivity (Wildman–Crippen MR) is 72.3 cm³/mol. The van der Waals surface area contributed by atoms with Crippen molar-refractivity contribution in [1.82, 2.24) is 0 Å². The molecule has 0 heterocycles. The molecule has 1 aromatic carbocycles. The number of benzene rings is 1. The third-order valence-corrected chi connectivity index (χ3v) is 4.40. The van der Waals surface area contributed by atoms with Crippen LogP contribution < -0.4 is 0 Å². The first-order valence-corrected chi connectivity index (χ1v) is 7.70. The molecule has 0 aliphatic carbocycles. The maximum Gasteiger partial charge on any atom is 0.274 e. The first kappa shape index (κ1) is 16.1. The minimum absolute atomic E-state index is 0.0360. The van der Waals surface area contributed by atoms with Crippen LogP contribution in [-0.2, 0) is 19.0 Å². The van der Waals surface area contributed by atoms with E-state index in [-0.39, 0.29) is 26.4 Å². The second-order valence-electron chi connectivity index (χ2n) is 3.96. The minimum Gasteiger partial charge on any atom is -0.394 e. The van der Waals surface area contributed by atoms with Gasteiger partial charge in [0, 0.05) is 0 Å². The van der Waals surface area contributed by atoms with Gasteiger partial charge in [-0.25, -0.2) is 0 Å². The summed E-state index contributed by atoms with van der Waals surface area (Å²) in [4.78, 5) is 0. The van der Waals surface area contributed by atoms with Crippen LogP contribution in [0.5, 0.6) is 0 Å². The molecule has 1 rings (SSSR count). The average Bonchev–Trinajstić information content (AvgIpc) is 2.40. The third kappa shape index (κ3) is 5.28. The average molecular weight is 288 g/mol. The highest BCUT2D eigenvalue weighted by atomic mass is 32.2. The maximum atomic E-state index is 12.1. The Balaban J connectivity index is 2.59. The Labute approximate surface area is 114 Å². The lowest BCUT2D eigenvalue weighted by Gasteiger charge is -2.16. The zero-order valence-corrected chi connectivity index (χ0v) is 11.8. The van der Waals surface area contributed by atoms with E-state index in [9.17, 15) is 8.42 Å². The van der Waals surface area contributed by atoms with E-state index in [1.165, 1.54) is 0 Å². The fraction of sp³-hybridized carbons (Fsp3) is 0.538. The SMILES string of the molecule is CCC(c1ccccc1)S(=O)(=O)OCCOCCO. The molecule has 0 amide bonds. The van der Waals surface area contributed by atoms with Crippen molar-refractivity contribution in [2.24, 2.45) is 0 Å². The summed E-state index contributed by atoms with van der Waals surface area (Å²) in [5, 5.41) is 7.86. The van der Waals surface area contributed by atoms with Gasteiger partial charge in [-0.15, -0.1) is 0 Å². The van der Waals surface area contributed by atoms with Gasteiger partial charge in [0.1, 0.15) is 5.25 Å². The van der Waals surface area contributed by atoms with Crippen molar-refractivity contribution < 1.29 is 22.4 Å². The van der Waals surface area contributed by atoms with E-state index < -0.39 is 15.4 Å². The standard InChI is InChI=1S/C13H20O5S/c1-2-13(12-6-4-3-5-7-12)19(15,16)18-11-10-17-9-8-14/h3-7,13-14H,2,8-11H2,1H3. The Morgan fingerprint density at radius 3 is 2.42 bits per heavy atom. The summed E-state index contributed by atoms with van der Waals surface area (Å²) in [6.45, 7) is 2.01. The largest absolute Gasteiger partial charge is 0.394 e. The van der Waals surface area contributed by atoms with E-state index in [0.717, 1.165) is 5.56 Å². The quantitative estimate of drug-likeness (QED) is 0.550. The predicted octanol–water partition coefficient (Wildman–Crippen LogP) is 1.49. The zero-order valence-electron chi connectivity index (χ0n) is 11.0. The molecule has 1 unspecified atom stereocenters. The topological polar surface area (TPSA) is 72.8 Å². The van der Waals surface area contributed by atoms with Gasteiger partial charge in [-0.1, -0.05) is 37.3 Å².